The van der Waals surface area contributed by atoms with E-state index in [9.17, 15) is 0 Å². The standard InChI is InChI=1S/6C4H9.Cu.Li.2Sn/c6*1-3-4-2;;;;/h6*1,3-4H2,2H3;;;;/q;;;;;;;+1;;. The van der Waals surface area contributed by atoms with E-state index in [0.29, 0.717) is 0 Å². The summed E-state index contributed by atoms with van der Waals surface area (Å²) in [7, 11) is 0. The van der Waals surface area contributed by atoms with Gasteiger partial charge in [-0.25, -0.2) is 0 Å². The van der Waals surface area contributed by atoms with E-state index < -0.39 is 39.5 Å². The second kappa shape index (κ2) is 34.3. The van der Waals surface area contributed by atoms with Crippen molar-refractivity contribution in [1.29, 1.82) is 0 Å². The van der Waals surface area contributed by atoms with Crippen molar-refractivity contribution >= 4 is 39.5 Å². The van der Waals surface area contributed by atoms with Crippen LogP contribution >= 0.6 is 0 Å². The summed E-state index contributed by atoms with van der Waals surface area (Å²) in [5.74, 6) is 0. The zero-order valence-corrected chi connectivity index (χ0v) is 27.7. The molecule has 0 fully saturated rings. The van der Waals surface area contributed by atoms with Crippen LogP contribution in [0.4, 0.5) is 0 Å². The molecule has 4 heteroatoms. The van der Waals surface area contributed by atoms with Gasteiger partial charge in [0.05, 0.1) is 0 Å². The van der Waals surface area contributed by atoms with Crippen molar-refractivity contribution in [2.24, 2.45) is 0 Å². The Labute approximate surface area is 218 Å². The van der Waals surface area contributed by atoms with Crippen LogP contribution in [-0.4, -0.2) is 39.5 Å². The molecule has 0 aliphatic carbocycles. The molecule has 28 heavy (non-hydrogen) atoms. The zero-order valence-electron chi connectivity index (χ0n) is 21.0. The third-order valence-electron chi connectivity index (χ3n) is 5.30. The summed E-state index contributed by atoms with van der Waals surface area (Å²) in [5.41, 5.74) is 0. The first-order chi connectivity index (χ1) is 12.7. The molecule has 0 N–H and O–H groups in total. The fourth-order valence-electron chi connectivity index (χ4n) is 3.31. The number of rotatable bonds is 18. The summed E-state index contributed by atoms with van der Waals surface area (Å²) < 4.78 is 10.1. The van der Waals surface area contributed by atoms with Crippen LogP contribution in [0.5, 0.6) is 0 Å². The van der Waals surface area contributed by atoms with Gasteiger partial charge in [-0.1, -0.05) is 0 Å². The van der Waals surface area contributed by atoms with Gasteiger partial charge in [0.15, 0.2) is 0 Å². The van der Waals surface area contributed by atoms with Gasteiger partial charge in [0.1, 0.15) is 0 Å². The van der Waals surface area contributed by atoms with Crippen molar-refractivity contribution in [1.82, 2.24) is 0 Å². The van der Waals surface area contributed by atoms with Crippen LogP contribution in [0.25, 0.3) is 0 Å². The Balaban J connectivity index is -0.000000192. The van der Waals surface area contributed by atoms with Gasteiger partial charge in [-0.05, 0) is 0 Å². The number of hydrogen-bond acceptors (Lipinski definition) is 0. The minimum atomic E-state index is -0.839. The Morgan fingerprint density at radius 1 is 0.357 bits per heavy atom. The topological polar surface area (TPSA) is 0 Å². The molecule has 0 heterocycles. The van der Waals surface area contributed by atoms with E-state index in [2.05, 4.69) is 41.5 Å². The molecule has 0 rings (SSSR count). The van der Waals surface area contributed by atoms with E-state index in [1.807, 2.05) is 0 Å². The molecule has 0 spiro atoms. The number of unbranched alkanes of at least 4 members (excludes halogenated alkanes) is 6. The molecular weight excluding hydrogens is 596 g/mol. The van der Waals surface area contributed by atoms with Gasteiger partial charge in [0, 0.05) is 17.1 Å². The normalized spacial score (nSPS) is 10.3. The Morgan fingerprint density at radius 2 is 0.500 bits per heavy atom. The quantitative estimate of drug-likeness (QED) is 0.144. The summed E-state index contributed by atoms with van der Waals surface area (Å²) in [6, 6.07) is 0. The molecule has 0 aromatic rings. The second-order valence-corrected chi connectivity index (χ2v) is 25.2. The van der Waals surface area contributed by atoms with E-state index in [0.717, 1.165) is 0 Å². The van der Waals surface area contributed by atoms with E-state index in [4.69, 9.17) is 0 Å². The van der Waals surface area contributed by atoms with Crippen LogP contribution < -0.4 is 18.9 Å². The molecule has 0 aromatic carbocycles. The van der Waals surface area contributed by atoms with Crippen molar-refractivity contribution in [2.75, 3.05) is 0 Å². The molecule has 0 bridgehead atoms. The van der Waals surface area contributed by atoms with Gasteiger partial charge in [-0.3, -0.25) is 0 Å². The van der Waals surface area contributed by atoms with Gasteiger partial charge < -0.3 is 0 Å². The first-order valence-electron chi connectivity index (χ1n) is 12.4. The van der Waals surface area contributed by atoms with E-state index in [1.54, 1.807) is 26.6 Å². The Bertz CT molecular complexity index is 181. The molecule has 0 saturated heterocycles. The molecule has 0 amide bonds. The molecule has 0 aliphatic heterocycles. The summed E-state index contributed by atoms with van der Waals surface area (Å²) >= 11 is -1.68. The smallest absolute Gasteiger partial charge is 0 e. The van der Waals surface area contributed by atoms with Gasteiger partial charge in [0.25, 0.3) is 0 Å². The minimum absolute atomic E-state index is 0. The summed E-state index contributed by atoms with van der Waals surface area (Å²) in [5, 5.41) is 0. The second-order valence-electron chi connectivity index (χ2n) is 8.12. The molecule has 169 valence electrons. The molecule has 0 saturated carbocycles. The maximum atomic E-state index is 2.33. The molecule has 0 aromatic heterocycles. The van der Waals surface area contributed by atoms with E-state index in [-0.39, 0.29) is 35.9 Å². The van der Waals surface area contributed by atoms with E-state index >= 15 is 0 Å². The maximum absolute atomic E-state index is 2.33. The fraction of sp³-hybridized carbons (Fsp3) is 1.00. The maximum Gasteiger partial charge on any atom is 1.00 e. The summed E-state index contributed by atoms with van der Waals surface area (Å²) in [6.07, 6.45) is 17.7. The largest absolute Gasteiger partial charge is 1.00 e. The average Bonchev–Trinajstić information content (AvgIpc) is 2.67. The Hall–Kier alpha value is 2.71. The van der Waals surface area contributed by atoms with Crippen molar-refractivity contribution in [3.8, 4) is 0 Å². The number of hydrogen-bond donors (Lipinski definition) is 0. The minimum Gasteiger partial charge on any atom is 0 e. The van der Waals surface area contributed by atoms with Crippen molar-refractivity contribution < 1.29 is 35.9 Å². The van der Waals surface area contributed by atoms with Gasteiger partial charge in [0.2, 0.25) is 0 Å². The third kappa shape index (κ3) is 30.9. The van der Waals surface area contributed by atoms with Crippen molar-refractivity contribution in [2.45, 2.75) is 145 Å². The molecule has 0 atom stereocenters. The van der Waals surface area contributed by atoms with Crippen LogP contribution in [0.3, 0.4) is 0 Å². The predicted octanol–water partition coefficient (Wildman–Crippen LogP) is 6.76. The first kappa shape index (κ1) is 38.0. The SMILES string of the molecule is CCC[CH2][Sn]([CH2]CCC)[CH2]CCC.CCC[CH2][Sn]([CH2]CCC)[CH2]CCC.[Cu].[Li+]. The molecule has 3 radical (unpaired) electrons. The fourth-order valence-corrected chi connectivity index (χ4v) is 22.2. The molecule has 0 nitrogen and oxygen atoms in total. The van der Waals surface area contributed by atoms with E-state index in [1.165, 1.54) is 77.0 Å². The molecule has 0 unspecified atom stereocenters. The van der Waals surface area contributed by atoms with Gasteiger partial charge in [-0.15, -0.1) is 0 Å². The summed E-state index contributed by atoms with van der Waals surface area (Å²) in [6.45, 7) is 14.0. The summed E-state index contributed by atoms with van der Waals surface area (Å²) in [4.78, 5) is 0. The van der Waals surface area contributed by atoms with Crippen LogP contribution in [-0.2, 0) is 17.1 Å². The monoisotopic (exact) mass is 652 g/mol. The first-order valence-corrected chi connectivity index (χ1v) is 24.5. The third-order valence-corrected chi connectivity index (χ3v) is 23.5. The molecular formula is C24H54CuLiSn2+. The predicted molar refractivity (Wildman–Crippen MR) is 130 cm³/mol. The van der Waals surface area contributed by atoms with Crippen molar-refractivity contribution in [3.63, 3.8) is 0 Å². The Kier molecular flexibility index (Phi) is 46.6. The van der Waals surface area contributed by atoms with Crippen LogP contribution in [0, 0.1) is 0 Å². The van der Waals surface area contributed by atoms with Crippen LogP contribution in [0.2, 0.25) is 26.6 Å². The van der Waals surface area contributed by atoms with Crippen LogP contribution in [0.15, 0.2) is 0 Å². The Morgan fingerprint density at radius 3 is 0.607 bits per heavy atom. The van der Waals surface area contributed by atoms with Crippen LogP contribution in [0.1, 0.15) is 119 Å². The van der Waals surface area contributed by atoms with Gasteiger partial charge in [-0.2, -0.15) is 0 Å². The molecule has 0 aliphatic rings. The zero-order chi connectivity index (χ0) is 19.9. The van der Waals surface area contributed by atoms with Gasteiger partial charge >= 0.3 is 204 Å². The average molecular weight is 651 g/mol. The van der Waals surface area contributed by atoms with Crippen molar-refractivity contribution in [3.05, 3.63) is 0 Å².